The standard InChI is InChI=1S/C18H20N6O3/c1-27-10-9-24-16(20-13-6-3-2-5-12(13)17(24)25)15-7-4-8-23(15)18(26)14-11-19-22-21-14/h2-3,5-6,11,15H,4,7-10H2,1H3,(H,19,21,22). The zero-order valence-electron chi connectivity index (χ0n) is 15.0. The maximum atomic E-state index is 13.1. The third-order valence-electron chi connectivity index (χ3n) is 4.86. The van der Waals surface area contributed by atoms with Gasteiger partial charge in [-0.3, -0.25) is 14.2 Å². The number of nitrogens with one attached hydrogen (secondary N) is 1. The second-order valence-electron chi connectivity index (χ2n) is 6.45. The predicted octanol–water partition coefficient (Wildman–Crippen LogP) is 1.14. The SMILES string of the molecule is COCCn1c(C2CCCN2C(=O)c2cn[nH]n2)nc2ccccc2c1=O. The molecule has 0 bridgehead atoms. The fourth-order valence-electron chi connectivity index (χ4n) is 3.57. The molecule has 0 spiro atoms. The van der Waals surface area contributed by atoms with Crippen molar-refractivity contribution >= 4 is 16.8 Å². The third kappa shape index (κ3) is 3.10. The summed E-state index contributed by atoms with van der Waals surface area (Å²) in [5, 5.41) is 10.6. The number of rotatable bonds is 5. The first-order valence-electron chi connectivity index (χ1n) is 8.86. The van der Waals surface area contributed by atoms with Crippen LogP contribution in [0.1, 0.15) is 35.2 Å². The predicted molar refractivity (Wildman–Crippen MR) is 97.3 cm³/mol. The molecule has 9 nitrogen and oxygen atoms in total. The summed E-state index contributed by atoms with van der Waals surface area (Å²) in [6, 6.07) is 6.97. The van der Waals surface area contributed by atoms with Gasteiger partial charge in [-0.1, -0.05) is 12.1 Å². The third-order valence-corrected chi connectivity index (χ3v) is 4.86. The highest BCUT2D eigenvalue weighted by Gasteiger charge is 2.34. The Morgan fingerprint density at radius 3 is 3.00 bits per heavy atom. The minimum absolute atomic E-state index is 0.117. The topological polar surface area (TPSA) is 106 Å². The van der Waals surface area contributed by atoms with Crippen LogP contribution in [0.25, 0.3) is 10.9 Å². The average Bonchev–Trinajstić information content (AvgIpc) is 3.38. The van der Waals surface area contributed by atoms with Crippen LogP contribution in [0.5, 0.6) is 0 Å². The fraction of sp³-hybridized carbons (Fsp3) is 0.389. The van der Waals surface area contributed by atoms with Crippen LogP contribution in [-0.4, -0.2) is 56.0 Å². The smallest absolute Gasteiger partial charge is 0.276 e. The van der Waals surface area contributed by atoms with Crippen LogP contribution >= 0.6 is 0 Å². The van der Waals surface area contributed by atoms with Crippen molar-refractivity contribution in [1.29, 1.82) is 0 Å². The molecule has 140 valence electrons. The number of amides is 1. The molecule has 27 heavy (non-hydrogen) atoms. The van der Waals surface area contributed by atoms with E-state index in [1.807, 2.05) is 18.2 Å². The molecule has 3 heterocycles. The first-order valence-corrected chi connectivity index (χ1v) is 8.86. The summed E-state index contributed by atoms with van der Waals surface area (Å²) in [5.74, 6) is 0.372. The van der Waals surface area contributed by atoms with E-state index in [1.54, 1.807) is 22.6 Å². The van der Waals surface area contributed by atoms with E-state index in [4.69, 9.17) is 9.72 Å². The maximum Gasteiger partial charge on any atom is 0.276 e. The molecule has 4 rings (SSSR count). The zero-order chi connectivity index (χ0) is 18.8. The lowest BCUT2D eigenvalue weighted by Crippen LogP contribution is -2.36. The molecule has 1 aliphatic heterocycles. The van der Waals surface area contributed by atoms with E-state index >= 15 is 0 Å². The molecule has 0 saturated carbocycles. The number of nitrogens with zero attached hydrogens (tertiary/aromatic N) is 5. The molecule has 3 aromatic rings. The Kier molecular flexibility index (Phi) is 4.68. The zero-order valence-corrected chi connectivity index (χ0v) is 15.0. The molecular formula is C18H20N6O3. The minimum Gasteiger partial charge on any atom is -0.383 e. The summed E-state index contributed by atoms with van der Waals surface area (Å²) in [5.41, 5.74) is 0.772. The highest BCUT2D eigenvalue weighted by molar-refractivity contribution is 5.92. The van der Waals surface area contributed by atoms with Crippen LogP contribution in [0, 0.1) is 0 Å². The Hall–Kier alpha value is -3.07. The van der Waals surface area contributed by atoms with Crippen molar-refractivity contribution in [2.75, 3.05) is 20.3 Å². The molecule has 1 N–H and O–H groups in total. The summed E-state index contributed by atoms with van der Waals surface area (Å²) in [4.78, 5) is 32.4. The summed E-state index contributed by atoms with van der Waals surface area (Å²) in [6.45, 7) is 1.35. The molecule has 1 fully saturated rings. The molecule has 1 amide bonds. The highest BCUT2D eigenvalue weighted by atomic mass is 16.5. The Morgan fingerprint density at radius 1 is 1.37 bits per heavy atom. The molecule has 9 heteroatoms. The second kappa shape index (κ2) is 7.28. The van der Waals surface area contributed by atoms with Crippen molar-refractivity contribution in [3.05, 3.63) is 52.3 Å². The Morgan fingerprint density at radius 2 is 2.22 bits per heavy atom. The van der Waals surface area contributed by atoms with Crippen molar-refractivity contribution in [2.24, 2.45) is 0 Å². The van der Waals surface area contributed by atoms with E-state index in [-0.39, 0.29) is 23.2 Å². The summed E-state index contributed by atoms with van der Waals surface area (Å²) >= 11 is 0. The van der Waals surface area contributed by atoms with Gasteiger partial charge in [-0.15, -0.1) is 0 Å². The van der Waals surface area contributed by atoms with Gasteiger partial charge in [0.25, 0.3) is 11.5 Å². The van der Waals surface area contributed by atoms with Crippen LogP contribution in [0.15, 0.2) is 35.3 Å². The largest absolute Gasteiger partial charge is 0.383 e. The van der Waals surface area contributed by atoms with Crippen molar-refractivity contribution < 1.29 is 9.53 Å². The lowest BCUT2D eigenvalue weighted by molar-refractivity contribution is 0.0719. The molecule has 1 aromatic carbocycles. The van der Waals surface area contributed by atoms with Gasteiger partial charge in [-0.2, -0.15) is 15.4 Å². The number of para-hydroxylation sites is 1. The number of methoxy groups -OCH3 is 1. The molecule has 2 aromatic heterocycles. The first kappa shape index (κ1) is 17.3. The lowest BCUT2D eigenvalue weighted by Gasteiger charge is -2.26. The summed E-state index contributed by atoms with van der Waals surface area (Å²) in [6.07, 6.45) is 2.98. The normalized spacial score (nSPS) is 16.9. The Balaban J connectivity index is 1.81. The van der Waals surface area contributed by atoms with E-state index in [9.17, 15) is 9.59 Å². The van der Waals surface area contributed by atoms with Gasteiger partial charge in [0.05, 0.1) is 36.3 Å². The van der Waals surface area contributed by atoms with E-state index in [2.05, 4.69) is 15.4 Å². The van der Waals surface area contributed by atoms with Crippen LogP contribution in [-0.2, 0) is 11.3 Å². The number of carbonyl (C=O) groups excluding carboxylic acids is 1. The van der Waals surface area contributed by atoms with Gasteiger partial charge >= 0.3 is 0 Å². The van der Waals surface area contributed by atoms with Crippen LogP contribution in [0.2, 0.25) is 0 Å². The fourth-order valence-corrected chi connectivity index (χ4v) is 3.57. The molecule has 1 atom stereocenters. The van der Waals surface area contributed by atoms with Gasteiger partial charge < -0.3 is 9.64 Å². The van der Waals surface area contributed by atoms with Gasteiger partial charge in [-0.25, -0.2) is 4.98 Å². The number of benzene rings is 1. The molecule has 0 radical (unpaired) electrons. The summed E-state index contributed by atoms with van der Waals surface area (Å²) in [7, 11) is 1.59. The maximum absolute atomic E-state index is 13.1. The number of carbonyl (C=O) groups is 1. The van der Waals surface area contributed by atoms with Crippen molar-refractivity contribution in [3.63, 3.8) is 0 Å². The average molecular weight is 368 g/mol. The number of aromatic amines is 1. The second-order valence-corrected chi connectivity index (χ2v) is 6.45. The number of H-pyrrole nitrogens is 1. The van der Waals surface area contributed by atoms with Crippen molar-refractivity contribution in [1.82, 2.24) is 29.9 Å². The number of hydrogen-bond donors (Lipinski definition) is 1. The number of ether oxygens (including phenoxy) is 1. The number of likely N-dealkylation sites (tertiary alicyclic amines) is 1. The Bertz CT molecular complexity index is 1010. The van der Waals surface area contributed by atoms with E-state index in [0.29, 0.717) is 36.4 Å². The number of hydrogen-bond acceptors (Lipinski definition) is 6. The monoisotopic (exact) mass is 368 g/mol. The van der Waals surface area contributed by atoms with Gasteiger partial charge in [0.15, 0.2) is 5.69 Å². The van der Waals surface area contributed by atoms with Gasteiger partial charge in [0.1, 0.15) is 5.82 Å². The molecule has 0 aliphatic carbocycles. The molecule has 1 aliphatic rings. The van der Waals surface area contributed by atoms with Crippen molar-refractivity contribution in [3.8, 4) is 0 Å². The molecule has 1 saturated heterocycles. The van der Waals surface area contributed by atoms with Crippen LogP contribution in [0.3, 0.4) is 0 Å². The van der Waals surface area contributed by atoms with Gasteiger partial charge in [0, 0.05) is 13.7 Å². The van der Waals surface area contributed by atoms with Gasteiger partial charge in [0.2, 0.25) is 0 Å². The minimum atomic E-state index is -0.289. The molecule has 1 unspecified atom stereocenters. The highest BCUT2D eigenvalue weighted by Crippen LogP contribution is 2.32. The van der Waals surface area contributed by atoms with Gasteiger partial charge in [-0.05, 0) is 25.0 Å². The van der Waals surface area contributed by atoms with Crippen LogP contribution in [0.4, 0.5) is 0 Å². The first-order chi connectivity index (χ1) is 13.2. The van der Waals surface area contributed by atoms with E-state index in [0.717, 1.165) is 12.8 Å². The number of fused-ring (bicyclic) bond motifs is 1. The Labute approximate surface area is 155 Å². The van der Waals surface area contributed by atoms with E-state index < -0.39 is 0 Å². The quantitative estimate of drug-likeness (QED) is 0.724. The number of aromatic nitrogens is 5. The lowest BCUT2D eigenvalue weighted by atomic mass is 10.1. The molecular weight excluding hydrogens is 348 g/mol. The van der Waals surface area contributed by atoms with Crippen molar-refractivity contribution in [2.45, 2.75) is 25.4 Å². The van der Waals surface area contributed by atoms with Crippen LogP contribution < -0.4 is 5.56 Å². The van der Waals surface area contributed by atoms with E-state index in [1.165, 1.54) is 6.20 Å². The summed E-state index contributed by atoms with van der Waals surface area (Å²) < 4.78 is 6.80.